The van der Waals surface area contributed by atoms with E-state index in [0.717, 1.165) is 5.39 Å². The van der Waals surface area contributed by atoms with Gasteiger partial charge in [0, 0.05) is 51.7 Å². The molecule has 10 heteroatoms. The number of nitrogens with zero attached hydrogens (tertiary/aromatic N) is 3. The third kappa shape index (κ3) is 3.97. The number of halogens is 4. The van der Waals surface area contributed by atoms with Crippen molar-refractivity contribution < 1.29 is 18.7 Å². The highest BCUT2D eigenvalue weighted by Gasteiger charge is 2.61. The standard InChI is InChI=1S/C31H26Cl2F2N4O2/c1-14-18-13-22(29-19-11-16(12-23(19)40)39(29)30(41)31(35)7-8-31)38-27(18)20-10-15(4-3-9-36)24(26(34)28(20)37-14)17-5-2-6-21(32)25(17)33/h2,5-6,10,13,16,19,23,29,38,40H,3-4,7-8,11-12H2,1H3. The number of hydrogen-bond acceptors (Lipinski definition) is 4. The van der Waals surface area contributed by atoms with Crippen LogP contribution in [0.15, 0.2) is 30.3 Å². The maximum Gasteiger partial charge on any atom is 0.261 e. The zero-order chi connectivity index (χ0) is 28.8. The predicted octanol–water partition coefficient (Wildman–Crippen LogP) is 7.12. The minimum absolute atomic E-state index is 0.136. The van der Waals surface area contributed by atoms with Gasteiger partial charge in [-0.15, -0.1) is 0 Å². The van der Waals surface area contributed by atoms with Gasteiger partial charge in [0.25, 0.3) is 5.91 Å². The number of carbonyl (C=O) groups is 1. The normalized spacial score (nSPS) is 24.4. The van der Waals surface area contributed by atoms with Gasteiger partial charge in [0.2, 0.25) is 0 Å². The summed E-state index contributed by atoms with van der Waals surface area (Å²) in [5.74, 6) is -1.30. The molecule has 0 radical (unpaired) electrons. The van der Waals surface area contributed by atoms with Crippen LogP contribution < -0.4 is 0 Å². The van der Waals surface area contributed by atoms with Crippen LogP contribution >= 0.6 is 23.2 Å². The molecule has 1 amide bonds. The second kappa shape index (κ2) is 9.38. The first-order chi connectivity index (χ1) is 19.6. The number of nitriles is 1. The Morgan fingerprint density at radius 1 is 1.27 bits per heavy atom. The van der Waals surface area contributed by atoms with Crippen LogP contribution in [0.1, 0.15) is 55.1 Å². The van der Waals surface area contributed by atoms with Crippen molar-refractivity contribution in [2.45, 2.75) is 69.3 Å². The van der Waals surface area contributed by atoms with Crippen LogP contribution in [0.2, 0.25) is 10.0 Å². The van der Waals surface area contributed by atoms with Crippen LogP contribution in [-0.4, -0.2) is 43.7 Å². The number of aliphatic hydroxyl groups excluding tert-OH is 1. The zero-order valence-electron chi connectivity index (χ0n) is 22.1. The number of benzene rings is 2. The van der Waals surface area contributed by atoms with Crippen molar-refractivity contribution in [1.82, 2.24) is 14.9 Å². The molecular formula is C31H26Cl2F2N4O2. The summed E-state index contributed by atoms with van der Waals surface area (Å²) in [5.41, 5.74) is 1.46. The third-order valence-corrected chi connectivity index (χ3v) is 9.92. The Morgan fingerprint density at radius 3 is 2.78 bits per heavy atom. The molecule has 210 valence electrons. The number of H-pyrrole nitrogens is 1. The fourth-order valence-electron chi connectivity index (χ4n) is 6.98. The van der Waals surface area contributed by atoms with Crippen LogP contribution in [0.5, 0.6) is 0 Å². The van der Waals surface area contributed by atoms with Crippen molar-refractivity contribution in [1.29, 1.82) is 5.26 Å². The van der Waals surface area contributed by atoms with E-state index in [9.17, 15) is 19.6 Å². The third-order valence-electron chi connectivity index (χ3n) is 9.10. The minimum atomic E-state index is -1.82. The van der Waals surface area contributed by atoms with Crippen LogP contribution in [0, 0.1) is 30.0 Å². The Morgan fingerprint density at radius 2 is 2.05 bits per heavy atom. The number of alkyl halides is 1. The molecule has 2 aromatic carbocycles. The van der Waals surface area contributed by atoms with E-state index >= 15 is 4.39 Å². The van der Waals surface area contributed by atoms with Gasteiger partial charge >= 0.3 is 0 Å². The van der Waals surface area contributed by atoms with Crippen LogP contribution in [-0.2, 0) is 11.2 Å². The number of hydrogen-bond donors (Lipinski definition) is 2. The summed E-state index contributed by atoms with van der Waals surface area (Å²) >= 11 is 12.8. The Labute approximate surface area is 244 Å². The molecule has 2 aromatic heterocycles. The summed E-state index contributed by atoms with van der Waals surface area (Å²) in [4.78, 5) is 23.0. The van der Waals surface area contributed by atoms with Gasteiger partial charge in [-0.3, -0.25) is 4.79 Å². The van der Waals surface area contributed by atoms with Gasteiger partial charge in [-0.2, -0.15) is 5.26 Å². The molecule has 4 atom stereocenters. The number of likely N-dealkylation sites (tertiary alicyclic amines) is 1. The van der Waals surface area contributed by atoms with Gasteiger partial charge in [0.1, 0.15) is 5.52 Å². The molecule has 1 saturated heterocycles. The maximum absolute atomic E-state index is 16.5. The molecule has 41 heavy (non-hydrogen) atoms. The second-order valence-electron chi connectivity index (χ2n) is 11.6. The smallest absolute Gasteiger partial charge is 0.261 e. The van der Waals surface area contributed by atoms with Gasteiger partial charge < -0.3 is 15.0 Å². The molecule has 4 unspecified atom stereocenters. The SMILES string of the molecule is Cc1nc2c(F)c(-c3cccc(Cl)c3Cl)c(CCC#N)cc2c2[nH]c(C3C4CC(CC4O)N3C(=O)C3(F)CC3)cc12. The Kier molecular flexibility index (Phi) is 6.10. The van der Waals surface area contributed by atoms with Crippen LogP contribution in [0.25, 0.3) is 32.9 Å². The number of fused-ring (bicyclic) bond motifs is 5. The summed E-state index contributed by atoms with van der Waals surface area (Å²) in [7, 11) is 0. The number of rotatable bonds is 5. The largest absolute Gasteiger partial charge is 0.393 e. The van der Waals surface area contributed by atoms with Crippen molar-refractivity contribution in [2.24, 2.45) is 5.92 Å². The number of carbonyl (C=O) groups excluding carboxylic acids is 1. The summed E-state index contributed by atoms with van der Waals surface area (Å²) in [6, 6.07) is 10.1. The lowest BCUT2D eigenvalue weighted by Gasteiger charge is -2.38. The summed E-state index contributed by atoms with van der Waals surface area (Å²) in [6.45, 7) is 1.79. The fraction of sp³-hybridized carbons (Fsp3) is 0.387. The lowest BCUT2D eigenvalue weighted by atomic mass is 9.92. The van der Waals surface area contributed by atoms with Gasteiger partial charge in [0.15, 0.2) is 11.5 Å². The van der Waals surface area contributed by atoms with E-state index in [1.54, 1.807) is 30.0 Å². The molecule has 2 saturated carbocycles. The molecule has 4 aromatic rings. The molecule has 2 bridgehead atoms. The molecule has 0 spiro atoms. The predicted molar refractivity (Wildman–Crippen MR) is 153 cm³/mol. The lowest BCUT2D eigenvalue weighted by molar-refractivity contribution is -0.144. The van der Waals surface area contributed by atoms with Crippen molar-refractivity contribution in [2.75, 3.05) is 0 Å². The first-order valence-electron chi connectivity index (χ1n) is 13.8. The molecule has 3 heterocycles. The minimum Gasteiger partial charge on any atom is -0.393 e. The topological polar surface area (TPSA) is 93.0 Å². The van der Waals surface area contributed by atoms with Crippen molar-refractivity contribution in [3.8, 4) is 17.2 Å². The van der Waals surface area contributed by atoms with E-state index in [2.05, 4.69) is 16.0 Å². The lowest BCUT2D eigenvalue weighted by Crippen LogP contribution is -2.47. The van der Waals surface area contributed by atoms with Crippen molar-refractivity contribution in [3.63, 3.8) is 0 Å². The first kappa shape index (κ1) is 26.6. The Hall–Kier alpha value is -3.25. The number of aliphatic hydroxyl groups is 1. The zero-order valence-corrected chi connectivity index (χ0v) is 23.7. The van der Waals surface area contributed by atoms with E-state index in [1.165, 1.54) is 0 Å². The monoisotopic (exact) mass is 594 g/mol. The van der Waals surface area contributed by atoms with Gasteiger partial charge in [-0.25, -0.2) is 13.8 Å². The van der Waals surface area contributed by atoms with Gasteiger partial charge in [-0.05, 0) is 62.8 Å². The Balaban J connectivity index is 1.43. The molecule has 1 aliphatic heterocycles. The van der Waals surface area contributed by atoms with Gasteiger partial charge in [-0.1, -0.05) is 35.3 Å². The number of aryl methyl sites for hydroxylation is 2. The Bertz CT molecular complexity index is 1810. The molecule has 7 rings (SSSR count). The molecule has 3 aliphatic rings. The average Bonchev–Trinajstić information content (AvgIpc) is 3.26. The quantitative estimate of drug-likeness (QED) is 0.257. The van der Waals surface area contributed by atoms with Crippen LogP contribution in [0.3, 0.4) is 0 Å². The van der Waals surface area contributed by atoms with Crippen molar-refractivity contribution in [3.05, 3.63) is 63.1 Å². The summed E-state index contributed by atoms with van der Waals surface area (Å²) in [5, 5.41) is 21.8. The fourth-order valence-corrected chi connectivity index (χ4v) is 7.37. The van der Waals surface area contributed by atoms with E-state index in [1.807, 2.05) is 12.1 Å². The molecule has 2 aliphatic carbocycles. The number of amides is 1. The molecule has 2 N–H and O–H groups in total. The average molecular weight is 595 g/mol. The van der Waals surface area contributed by atoms with E-state index in [0.29, 0.717) is 46.3 Å². The number of piperidine rings is 1. The summed E-state index contributed by atoms with van der Waals surface area (Å²) in [6.07, 6.45) is 1.35. The highest BCUT2D eigenvalue weighted by Crippen LogP contribution is 2.54. The summed E-state index contributed by atoms with van der Waals surface area (Å²) < 4.78 is 31.5. The molecule has 3 fully saturated rings. The molecular weight excluding hydrogens is 569 g/mol. The number of aromatic amines is 1. The highest BCUT2D eigenvalue weighted by atomic mass is 35.5. The second-order valence-corrected chi connectivity index (χ2v) is 12.4. The van der Waals surface area contributed by atoms with E-state index in [-0.39, 0.29) is 58.8 Å². The number of pyridine rings is 1. The van der Waals surface area contributed by atoms with Crippen LogP contribution in [0.4, 0.5) is 8.78 Å². The number of aromatic nitrogens is 2. The van der Waals surface area contributed by atoms with Crippen molar-refractivity contribution >= 4 is 50.9 Å². The maximum atomic E-state index is 16.5. The highest BCUT2D eigenvalue weighted by molar-refractivity contribution is 6.43. The first-order valence-corrected chi connectivity index (χ1v) is 14.5. The van der Waals surface area contributed by atoms with E-state index in [4.69, 9.17) is 23.2 Å². The number of nitrogens with one attached hydrogen (secondary N) is 1. The van der Waals surface area contributed by atoms with E-state index < -0.39 is 29.5 Å². The molecule has 6 nitrogen and oxygen atoms in total. The van der Waals surface area contributed by atoms with Gasteiger partial charge in [0.05, 0.1) is 33.8 Å².